The van der Waals surface area contributed by atoms with E-state index >= 15 is 0 Å². The van der Waals surface area contributed by atoms with E-state index in [0.717, 1.165) is 0 Å². The van der Waals surface area contributed by atoms with Gasteiger partial charge in [0.1, 0.15) is 5.75 Å². The van der Waals surface area contributed by atoms with Gasteiger partial charge in [0.2, 0.25) is 5.91 Å². The molecule has 1 amide bonds. The molecule has 0 aliphatic carbocycles. The molecule has 0 fully saturated rings. The predicted molar refractivity (Wildman–Crippen MR) is 64.4 cm³/mol. The van der Waals surface area contributed by atoms with E-state index in [4.69, 9.17) is 10.5 Å². The quantitative estimate of drug-likeness (QED) is 0.813. The summed E-state index contributed by atoms with van der Waals surface area (Å²) >= 11 is 0. The first-order chi connectivity index (χ1) is 7.54. The minimum absolute atomic E-state index is 0.116. The molecule has 1 aromatic rings. The van der Waals surface area contributed by atoms with Gasteiger partial charge >= 0.3 is 0 Å². The molecule has 0 saturated carbocycles. The lowest BCUT2D eigenvalue weighted by Gasteiger charge is -2.15. The van der Waals surface area contributed by atoms with Gasteiger partial charge in [0.25, 0.3) is 0 Å². The van der Waals surface area contributed by atoms with Crippen molar-refractivity contribution in [1.29, 1.82) is 0 Å². The van der Waals surface area contributed by atoms with Crippen LogP contribution in [0.5, 0.6) is 5.75 Å². The Kier molecular flexibility index (Phi) is 4.31. The largest absolute Gasteiger partial charge is 0.497 e. The van der Waals surface area contributed by atoms with Crippen molar-refractivity contribution in [2.75, 3.05) is 12.4 Å². The van der Waals surface area contributed by atoms with Gasteiger partial charge in [-0.3, -0.25) is 4.79 Å². The molecule has 0 bridgehead atoms. The lowest BCUT2D eigenvalue weighted by atomic mass is 10.0. The van der Waals surface area contributed by atoms with Crippen molar-refractivity contribution in [3.8, 4) is 5.75 Å². The number of methoxy groups -OCH3 is 1. The zero-order chi connectivity index (χ0) is 12.1. The summed E-state index contributed by atoms with van der Waals surface area (Å²) in [4.78, 5) is 11.7. The van der Waals surface area contributed by atoms with Crippen LogP contribution in [0.2, 0.25) is 0 Å². The molecule has 0 aliphatic rings. The molecule has 0 unspecified atom stereocenters. The van der Waals surface area contributed by atoms with Gasteiger partial charge in [-0.2, -0.15) is 0 Å². The zero-order valence-electron chi connectivity index (χ0n) is 9.86. The van der Waals surface area contributed by atoms with Crippen molar-refractivity contribution in [3.63, 3.8) is 0 Å². The first-order valence-electron chi connectivity index (χ1n) is 5.25. The van der Waals surface area contributed by atoms with Crippen LogP contribution in [0.25, 0.3) is 0 Å². The summed E-state index contributed by atoms with van der Waals surface area (Å²) in [7, 11) is 1.58. The zero-order valence-corrected chi connectivity index (χ0v) is 9.86. The summed E-state index contributed by atoms with van der Waals surface area (Å²) in [5, 5.41) is 2.75. The highest BCUT2D eigenvalue weighted by Gasteiger charge is 2.17. The standard InChI is InChI=1S/C12H18N2O2/c1-8(2)11(13)12(15)14-9-5-4-6-10(7-9)16-3/h4-8,11H,13H2,1-3H3,(H,14,15)/t11-/m1/s1. The van der Waals surface area contributed by atoms with Crippen molar-refractivity contribution in [3.05, 3.63) is 24.3 Å². The summed E-state index contributed by atoms with van der Waals surface area (Å²) in [5.41, 5.74) is 6.43. The van der Waals surface area contributed by atoms with Crippen LogP contribution in [-0.4, -0.2) is 19.1 Å². The lowest BCUT2D eigenvalue weighted by molar-refractivity contribution is -0.118. The van der Waals surface area contributed by atoms with Gasteiger partial charge in [-0.15, -0.1) is 0 Å². The fourth-order valence-corrected chi connectivity index (χ4v) is 1.23. The first-order valence-corrected chi connectivity index (χ1v) is 5.25. The van der Waals surface area contributed by atoms with Gasteiger partial charge in [0, 0.05) is 11.8 Å². The molecular weight excluding hydrogens is 204 g/mol. The molecule has 0 aromatic heterocycles. The maximum atomic E-state index is 11.7. The number of ether oxygens (including phenoxy) is 1. The number of amides is 1. The van der Waals surface area contributed by atoms with E-state index in [0.29, 0.717) is 11.4 Å². The first kappa shape index (κ1) is 12.5. The average Bonchev–Trinajstić information content (AvgIpc) is 2.28. The Morgan fingerprint density at radius 2 is 2.12 bits per heavy atom. The van der Waals surface area contributed by atoms with E-state index in [-0.39, 0.29) is 11.8 Å². The molecular formula is C12H18N2O2. The highest BCUT2D eigenvalue weighted by molar-refractivity contribution is 5.94. The normalized spacial score (nSPS) is 12.3. The second kappa shape index (κ2) is 5.51. The van der Waals surface area contributed by atoms with Crippen molar-refractivity contribution in [2.45, 2.75) is 19.9 Å². The molecule has 1 atom stereocenters. The maximum absolute atomic E-state index is 11.7. The van der Waals surface area contributed by atoms with Crippen LogP contribution < -0.4 is 15.8 Å². The molecule has 0 saturated heterocycles. The molecule has 1 rings (SSSR count). The molecule has 0 aliphatic heterocycles. The molecule has 1 aromatic carbocycles. The summed E-state index contributed by atoms with van der Waals surface area (Å²) in [5.74, 6) is 0.643. The number of nitrogens with two attached hydrogens (primary N) is 1. The van der Waals surface area contributed by atoms with Gasteiger partial charge in [-0.1, -0.05) is 19.9 Å². The van der Waals surface area contributed by atoms with Crippen LogP contribution in [0.4, 0.5) is 5.69 Å². The van der Waals surface area contributed by atoms with Crippen LogP contribution >= 0.6 is 0 Å². The SMILES string of the molecule is COc1cccc(NC(=O)[C@H](N)C(C)C)c1. The van der Waals surface area contributed by atoms with E-state index in [1.54, 1.807) is 19.2 Å². The maximum Gasteiger partial charge on any atom is 0.241 e. The monoisotopic (exact) mass is 222 g/mol. The Hall–Kier alpha value is -1.55. The van der Waals surface area contributed by atoms with Crippen molar-refractivity contribution in [1.82, 2.24) is 0 Å². The Morgan fingerprint density at radius 1 is 1.44 bits per heavy atom. The van der Waals surface area contributed by atoms with E-state index in [2.05, 4.69) is 5.32 Å². The predicted octanol–water partition coefficient (Wildman–Crippen LogP) is 1.62. The Labute approximate surface area is 95.8 Å². The molecule has 3 N–H and O–H groups in total. The van der Waals surface area contributed by atoms with E-state index in [1.807, 2.05) is 26.0 Å². The smallest absolute Gasteiger partial charge is 0.241 e. The number of nitrogens with one attached hydrogen (secondary N) is 1. The van der Waals surface area contributed by atoms with Crippen molar-refractivity contribution < 1.29 is 9.53 Å². The third kappa shape index (κ3) is 3.24. The van der Waals surface area contributed by atoms with Gasteiger partial charge in [0.15, 0.2) is 0 Å². The average molecular weight is 222 g/mol. The molecule has 0 radical (unpaired) electrons. The van der Waals surface area contributed by atoms with Gasteiger partial charge in [0.05, 0.1) is 13.2 Å². The molecule has 0 heterocycles. The minimum atomic E-state index is -0.494. The number of rotatable bonds is 4. The van der Waals surface area contributed by atoms with Crippen molar-refractivity contribution >= 4 is 11.6 Å². The second-order valence-electron chi connectivity index (χ2n) is 3.99. The number of anilines is 1. The molecule has 16 heavy (non-hydrogen) atoms. The second-order valence-corrected chi connectivity index (χ2v) is 3.99. The number of benzene rings is 1. The summed E-state index contributed by atoms with van der Waals surface area (Å²) in [6.07, 6.45) is 0. The fraction of sp³-hybridized carbons (Fsp3) is 0.417. The van der Waals surface area contributed by atoms with E-state index < -0.39 is 6.04 Å². The van der Waals surface area contributed by atoms with E-state index in [1.165, 1.54) is 0 Å². The summed E-state index contributed by atoms with van der Waals surface area (Å²) < 4.78 is 5.06. The molecule has 4 nitrogen and oxygen atoms in total. The van der Waals surface area contributed by atoms with Crippen LogP contribution in [0.1, 0.15) is 13.8 Å². The number of hydrogen-bond acceptors (Lipinski definition) is 3. The van der Waals surface area contributed by atoms with Crippen LogP contribution in [0.15, 0.2) is 24.3 Å². The van der Waals surface area contributed by atoms with Crippen molar-refractivity contribution in [2.24, 2.45) is 11.7 Å². The fourth-order valence-electron chi connectivity index (χ4n) is 1.23. The highest BCUT2D eigenvalue weighted by atomic mass is 16.5. The van der Waals surface area contributed by atoms with Crippen LogP contribution in [0, 0.1) is 5.92 Å². The third-order valence-corrected chi connectivity index (χ3v) is 2.36. The van der Waals surface area contributed by atoms with E-state index in [9.17, 15) is 4.79 Å². The Balaban J connectivity index is 2.69. The molecule has 0 spiro atoms. The Morgan fingerprint density at radius 3 is 2.69 bits per heavy atom. The number of hydrogen-bond donors (Lipinski definition) is 2. The Bertz CT molecular complexity index is 364. The molecule has 4 heteroatoms. The number of carbonyl (C=O) groups excluding carboxylic acids is 1. The van der Waals surface area contributed by atoms with Gasteiger partial charge < -0.3 is 15.8 Å². The topological polar surface area (TPSA) is 64.3 Å². The number of carbonyl (C=O) groups is 1. The van der Waals surface area contributed by atoms with Gasteiger partial charge in [-0.25, -0.2) is 0 Å². The third-order valence-electron chi connectivity index (χ3n) is 2.36. The van der Waals surface area contributed by atoms with Crippen LogP contribution in [0.3, 0.4) is 0 Å². The highest BCUT2D eigenvalue weighted by Crippen LogP contribution is 2.17. The lowest BCUT2D eigenvalue weighted by Crippen LogP contribution is -2.39. The van der Waals surface area contributed by atoms with Gasteiger partial charge in [-0.05, 0) is 18.1 Å². The molecule has 88 valence electrons. The minimum Gasteiger partial charge on any atom is -0.497 e. The summed E-state index contributed by atoms with van der Waals surface area (Å²) in [6, 6.07) is 6.69. The summed E-state index contributed by atoms with van der Waals surface area (Å²) in [6.45, 7) is 3.83. The van der Waals surface area contributed by atoms with Crippen LogP contribution in [-0.2, 0) is 4.79 Å².